The predicted molar refractivity (Wildman–Crippen MR) is 68.6 cm³/mol. The molecule has 0 amide bonds. The third-order valence-corrected chi connectivity index (χ3v) is 1.62. The maximum Gasteiger partial charge on any atom is 0.200 e. The smallest absolute Gasteiger partial charge is 0.200 e. The molecule has 3 heteroatoms. The standard InChI is InChI=1S/C9H12O3.2C2H6/c1-6-4-7(11-2)9(10)8(5-6)12-3;2*1-2/h4-5,10H,1-3H3;2*1-2H3. The highest BCUT2D eigenvalue weighted by molar-refractivity contribution is 5.52. The summed E-state index contributed by atoms with van der Waals surface area (Å²) in [4.78, 5) is 0. The fourth-order valence-corrected chi connectivity index (χ4v) is 1.02. The predicted octanol–water partition coefficient (Wildman–Crippen LogP) is 3.77. The molecule has 94 valence electrons. The maximum absolute atomic E-state index is 9.46. The first kappa shape index (κ1) is 17.0. The van der Waals surface area contributed by atoms with E-state index >= 15 is 0 Å². The van der Waals surface area contributed by atoms with Crippen molar-refractivity contribution in [3.8, 4) is 17.2 Å². The summed E-state index contributed by atoms with van der Waals surface area (Å²) in [6.45, 7) is 9.91. The first-order chi connectivity index (χ1) is 7.69. The van der Waals surface area contributed by atoms with E-state index in [0.717, 1.165) is 5.56 Å². The largest absolute Gasteiger partial charge is 0.502 e. The van der Waals surface area contributed by atoms with Crippen molar-refractivity contribution in [2.45, 2.75) is 34.6 Å². The van der Waals surface area contributed by atoms with Gasteiger partial charge in [0.2, 0.25) is 5.75 Å². The van der Waals surface area contributed by atoms with Crippen LogP contribution in [0.15, 0.2) is 12.1 Å². The fourth-order valence-electron chi connectivity index (χ4n) is 1.02. The molecule has 1 aromatic carbocycles. The molecule has 0 saturated heterocycles. The summed E-state index contributed by atoms with van der Waals surface area (Å²) in [5.74, 6) is 0.921. The van der Waals surface area contributed by atoms with Crippen LogP contribution >= 0.6 is 0 Å². The van der Waals surface area contributed by atoms with E-state index in [1.54, 1.807) is 12.1 Å². The zero-order chi connectivity index (χ0) is 13.1. The van der Waals surface area contributed by atoms with Crippen molar-refractivity contribution in [1.29, 1.82) is 0 Å². The Kier molecular flexibility index (Phi) is 10.8. The Bertz CT molecular complexity index is 258. The number of methoxy groups -OCH3 is 2. The molecule has 0 fully saturated rings. The Morgan fingerprint density at radius 2 is 1.19 bits per heavy atom. The summed E-state index contributed by atoms with van der Waals surface area (Å²) < 4.78 is 9.88. The molecule has 3 nitrogen and oxygen atoms in total. The van der Waals surface area contributed by atoms with Crippen LogP contribution in [0, 0.1) is 6.92 Å². The zero-order valence-electron chi connectivity index (χ0n) is 11.4. The highest BCUT2D eigenvalue weighted by Gasteiger charge is 2.08. The van der Waals surface area contributed by atoms with Crippen molar-refractivity contribution in [3.63, 3.8) is 0 Å². The highest BCUT2D eigenvalue weighted by atomic mass is 16.5. The van der Waals surface area contributed by atoms with Crippen LogP contribution < -0.4 is 9.47 Å². The van der Waals surface area contributed by atoms with Gasteiger partial charge in [0.1, 0.15) is 0 Å². The number of hydrogen-bond acceptors (Lipinski definition) is 3. The van der Waals surface area contributed by atoms with Gasteiger partial charge >= 0.3 is 0 Å². The van der Waals surface area contributed by atoms with Gasteiger partial charge in [-0.25, -0.2) is 0 Å². The van der Waals surface area contributed by atoms with Crippen LogP contribution in [0.2, 0.25) is 0 Å². The SMILES string of the molecule is CC.CC.COc1cc(C)cc(OC)c1O. The number of aromatic hydroxyl groups is 1. The molecule has 0 aliphatic carbocycles. The molecule has 0 spiro atoms. The monoisotopic (exact) mass is 228 g/mol. The second kappa shape index (κ2) is 10.1. The minimum atomic E-state index is 0.0469. The number of aryl methyl sites for hydroxylation is 1. The molecule has 0 heterocycles. The van der Waals surface area contributed by atoms with E-state index in [1.807, 2.05) is 34.6 Å². The van der Waals surface area contributed by atoms with E-state index in [0.29, 0.717) is 11.5 Å². The Balaban J connectivity index is 0. The maximum atomic E-state index is 9.46. The van der Waals surface area contributed by atoms with Crippen molar-refractivity contribution in [3.05, 3.63) is 17.7 Å². The molecule has 1 N–H and O–H groups in total. The van der Waals surface area contributed by atoms with E-state index in [4.69, 9.17) is 9.47 Å². The number of phenolic OH excluding ortho intramolecular Hbond substituents is 1. The normalized spacial score (nSPS) is 7.94. The lowest BCUT2D eigenvalue weighted by Gasteiger charge is -2.08. The second-order valence-electron chi connectivity index (χ2n) is 2.52. The Hall–Kier alpha value is -1.38. The van der Waals surface area contributed by atoms with Crippen molar-refractivity contribution < 1.29 is 14.6 Å². The van der Waals surface area contributed by atoms with E-state index in [9.17, 15) is 5.11 Å². The molecule has 16 heavy (non-hydrogen) atoms. The first-order valence-corrected chi connectivity index (χ1v) is 5.60. The fraction of sp³-hybridized carbons (Fsp3) is 0.538. The molecular formula is C13H24O3. The van der Waals surface area contributed by atoms with Gasteiger partial charge in [-0.15, -0.1) is 0 Å². The first-order valence-electron chi connectivity index (χ1n) is 5.60. The second-order valence-corrected chi connectivity index (χ2v) is 2.52. The summed E-state index contributed by atoms with van der Waals surface area (Å²) in [5.41, 5.74) is 0.988. The number of hydrogen-bond donors (Lipinski definition) is 1. The van der Waals surface area contributed by atoms with Gasteiger partial charge in [-0.3, -0.25) is 0 Å². The third-order valence-electron chi connectivity index (χ3n) is 1.62. The minimum Gasteiger partial charge on any atom is -0.502 e. The average molecular weight is 228 g/mol. The van der Waals surface area contributed by atoms with Crippen molar-refractivity contribution in [1.82, 2.24) is 0 Å². The summed E-state index contributed by atoms with van der Waals surface area (Å²) >= 11 is 0. The van der Waals surface area contributed by atoms with Crippen LogP contribution in [0.25, 0.3) is 0 Å². The molecule has 0 aliphatic rings. The van der Waals surface area contributed by atoms with Gasteiger partial charge in [0, 0.05) is 0 Å². The number of ether oxygens (including phenoxy) is 2. The number of benzene rings is 1. The Morgan fingerprint density at radius 3 is 1.44 bits per heavy atom. The van der Waals surface area contributed by atoms with Crippen molar-refractivity contribution in [2.75, 3.05) is 14.2 Å². The molecule has 0 unspecified atom stereocenters. The van der Waals surface area contributed by atoms with Gasteiger partial charge in [0.05, 0.1) is 14.2 Å². The van der Waals surface area contributed by atoms with E-state index in [2.05, 4.69) is 0 Å². The molecule has 0 bridgehead atoms. The summed E-state index contributed by atoms with van der Waals surface area (Å²) in [6.07, 6.45) is 0. The van der Waals surface area contributed by atoms with Crippen molar-refractivity contribution in [2.24, 2.45) is 0 Å². The molecule has 0 saturated carbocycles. The number of phenols is 1. The molecule has 1 aromatic rings. The summed E-state index contributed by atoms with van der Waals surface area (Å²) in [7, 11) is 3.02. The van der Waals surface area contributed by atoms with E-state index in [-0.39, 0.29) is 5.75 Å². The average Bonchev–Trinajstić information content (AvgIpc) is 2.36. The Morgan fingerprint density at radius 1 is 0.875 bits per heavy atom. The van der Waals surface area contributed by atoms with Crippen molar-refractivity contribution >= 4 is 0 Å². The van der Waals surface area contributed by atoms with Crippen LogP contribution in [0.4, 0.5) is 0 Å². The van der Waals surface area contributed by atoms with E-state index < -0.39 is 0 Å². The van der Waals surface area contributed by atoms with E-state index in [1.165, 1.54) is 14.2 Å². The summed E-state index contributed by atoms with van der Waals surface area (Å²) in [5, 5.41) is 9.46. The number of rotatable bonds is 2. The van der Waals surface area contributed by atoms with Gasteiger partial charge in [-0.1, -0.05) is 27.7 Å². The Labute approximate surface area is 99.0 Å². The van der Waals surface area contributed by atoms with Gasteiger partial charge in [-0.05, 0) is 24.6 Å². The van der Waals surface area contributed by atoms with Crippen LogP contribution in [-0.2, 0) is 0 Å². The van der Waals surface area contributed by atoms with Crippen LogP contribution in [0.3, 0.4) is 0 Å². The van der Waals surface area contributed by atoms with Gasteiger partial charge < -0.3 is 14.6 Å². The zero-order valence-corrected chi connectivity index (χ0v) is 11.4. The van der Waals surface area contributed by atoms with Crippen LogP contribution in [-0.4, -0.2) is 19.3 Å². The lowest BCUT2D eigenvalue weighted by molar-refractivity contribution is 0.339. The molecule has 1 rings (SSSR count). The third kappa shape index (κ3) is 4.91. The topological polar surface area (TPSA) is 38.7 Å². The highest BCUT2D eigenvalue weighted by Crippen LogP contribution is 2.36. The molecule has 0 atom stereocenters. The molecular weight excluding hydrogens is 204 g/mol. The van der Waals surface area contributed by atoms with Gasteiger partial charge in [0.15, 0.2) is 11.5 Å². The molecule has 0 aliphatic heterocycles. The quantitative estimate of drug-likeness (QED) is 0.837. The van der Waals surface area contributed by atoms with Crippen LogP contribution in [0.5, 0.6) is 17.2 Å². The van der Waals surface area contributed by atoms with Crippen LogP contribution in [0.1, 0.15) is 33.3 Å². The van der Waals surface area contributed by atoms with Gasteiger partial charge in [-0.2, -0.15) is 0 Å². The molecule has 0 radical (unpaired) electrons. The summed E-state index contributed by atoms with van der Waals surface area (Å²) in [6, 6.07) is 3.50. The van der Waals surface area contributed by atoms with Gasteiger partial charge in [0.25, 0.3) is 0 Å². The molecule has 0 aromatic heterocycles. The minimum absolute atomic E-state index is 0.0469. The lowest BCUT2D eigenvalue weighted by atomic mass is 10.2. The lowest BCUT2D eigenvalue weighted by Crippen LogP contribution is -1.89.